The Morgan fingerprint density at radius 2 is 1.59 bits per heavy atom. The molecule has 0 bridgehead atoms. The van der Waals surface area contributed by atoms with E-state index in [1.54, 1.807) is 11.9 Å². The van der Waals surface area contributed by atoms with E-state index < -0.39 is 0 Å². The minimum atomic E-state index is -0.364. The van der Waals surface area contributed by atoms with Crippen LogP contribution < -0.4 is 10.6 Å². The van der Waals surface area contributed by atoms with Crippen LogP contribution in [0.3, 0.4) is 0 Å². The van der Waals surface area contributed by atoms with Crippen LogP contribution in [0, 0.1) is 5.82 Å². The van der Waals surface area contributed by atoms with Crippen LogP contribution in [0.25, 0.3) is 10.8 Å². The first-order chi connectivity index (χ1) is 13.9. The van der Waals surface area contributed by atoms with Gasteiger partial charge in [0.05, 0.1) is 19.1 Å². The highest BCUT2D eigenvalue weighted by Gasteiger charge is 2.14. The molecule has 0 aromatic heterocycles. The second-order valence-corrected chi connectivity index (χ2v) is 7.12. The molecule has 0 aliphatic heterocycles. The minimum absolute atomic E-state index is 0.0507. The second-order valence-electron chi connectivity index (χ2n) is 7.12. The molecule has 2 N–H and O–H groups in total. The number of likely N-dealkylation sites (N-methyl/N-ethyl adjacent to an activating group) is 1. The number of carbonyl (C=O) groups excluding carboxylic acids is 2. The molecule has 0 saturated carbocycles. The van der Waals surface area contributed by atoms with E-state index in [0.717, 1.165) is 16.3 Å². The van der Waals surface area contributed by atoms with Gasteiger partial charge in [-0.3, -0.25) is 14.5 Å². The second kappa shape index (κ2) is 9.30. The highest BCUT2D eigenvalue weighted by Crippen LogP contribution is 2.20. The summed E-state index contributed by atoms with van der Waals surface area (Å²) in [5, 5.41) is 7.92. The first-order valence-electron chi connectivity index (χ1n) is 9.43. The largest absolute Gasteiger partial charge is 0.348 e. The van der Waals surface area contributed by atoms with Crippen LogP contribution in [0.5, 0.6) is 0 Å². The Labute approximate surface area is 169 Å². The Bertz CT molecular complexity index is 1000. The van der Waals surface area contributed by atoms with Crippen molar-refractivity contribution in [3.05, 3.63) is 78.1 Å². The summed E-state index contributed by atoms with van der Waals surface area (Å²) in [6.07, 6.45) is 0. The van der Waals surface area contributed by atoms with E-state index in [9.17, 15) is 14.0 Å². The maximum Gasteiger partial charge on any atom is 0.238 e. The molecule has 3 aromatic carbocycles. The summed E-state index contributed by atoms with van der Waals surface area (Å²) < 4.78 is 12.9. The fourth-order valence-corrected chi connectivity index (χ4v) is 3.13. The van der Waals surface area contributed by atoms with Crippen molar-refractivity contribution in [3.63, 3.8) is 0 Å². The van der Waals surface area contributed by atoms with Gasteiger partial charge in [-0.25, -0.2) is 4.39 Å². The molecule has 0 radical (unpaired) electrons. The summed E-state index contributed by atoms with van der Waals surface area (Å²) in [6, 6.07) is 19.6. The molecular weight excluding hydrogens is 369 g/mol. The molecule has 0 heterocycles. The molecule has 0 unspecified atom stereocenters. The van der Waals surface area contributed by atoms with Crippen LogP contribution in [-0.4, -0.2) is 36.9 Å². The summed E-state index contributed by atoms with van der Waals surface area (Å²) in [4.78, 5) is 26.1. The molecule has 0 fully saturated rings. The third-order valence-corrected chi connectivity index (χ3v) is 4.61. The van der Waals surface area contributed by atoms with Gasteiger partial charge < -0.3 is 10.6 Å². The molecule has 29 heavy (non-hydrogen) atoms. The van der Waals surface area contributed by atoms with Crippen molar-refractivity contribution in [2.75, 3.05) is 25.5 Å². The zero-order valence-corrected chi connectivity index (χ0v) is 16.5. The number of hydrogen-bond donors (Lipinski definition) is 2. The van der Waals surface area contributed by atoms with Gasteiger partial charge >= 0.3 is 0 Å². The number of amides is 2. The summed E-state index contributed by atoms with van der Waals surface area (Å²) >= 11 is 0. The van der Waals surface area contributed by atoms with Crippen molar-refractivity contribution in [1.29, 1.82) is 0 Å². The molecule has 150 valence electrons. The molecule has 0 aliphatic carbocycles. The van der Waals surface area contributed by atoms with E-state index in [-0.39, 0.29) is 36.8 Å². The predicted octanol–water partition coefficient (Wildman–Crippen LogP) is 3.73. The summed E-state index contributed by atoms with van der Waals surface area (Å²) in [7, 11) is 1.70. The Balaban J connectivity index is 1.49. The Kier molecular flexibility index (Phi) is 6.57. The Hall–Kier alpha value is -3.25. The van der Waals surface area contributed by atoms with Crippen LogP contribution in [0.4, 0.5) is 10.1 Å². The summed E-state index contributed by atoms with van der Waals surface area (Å²) in [5.74, 6) is -0.797. The van der Waals surface area contributed by atoms with E-state index in [1.165, 1.54) is 24.3 Å². The zero-order valence-electron chi connectivity index (χ0n) is 16.5. The first kappa shape index (κ1) is 20.5. The van der Waals surface area contributed by atoms with Crippen molar-refractivity contribution < 1.29 is 14.0 Å². The molecule has 0 aliphatic rings. The quantitative estimate of drug-likeness (QED) is 0.643. The van der Waals surface area contributed by atoms with E-state index >= 15 is 0 Å². The zero-order chi connectivity index (χ0) is 20.8. The lowest BCUT2D eigenvalue weighted by Gasteiger charge is -2.19. The average Bonchev–Trinajstić information content (AvgIpc) is 2.69. The standard InChI is InChI=1S/C23H24FN3O2/c1-16(18-8-7-17-5-3-4-6-19(17)13-18)25-22(28)14-27(2)15-23(29)26-21-11-9-20(24)10-12-21/h3-13,16H,14-15H2,1-2H3,(H,25,28)(H,26,29)/t16-/m1/s1. The van der Waals surface area contributed by atoms with Gasteiger partial charge in [-0.2, -0.15) is 0 Å². The maximum atomic E-state index is 12.9. The number of rotatable bonds is 7. The van der Waals surface area contributed by atoms with Gasteiger partial charge in [-0.15, -0.1) is 0 Å². The molecule has 5 nitrogen and oxygen atoms in total. The van der Waals surface area contributed by atoms with Gasteiger partial charge in [0.25, 0.3) is 0 Å². The smallest absolute Gasteiger partial charge is 0.238 e. The number of nitrogens with zero attached hydrogens (tertiary/aromatic N) is 1. The third-order valence-electron chi connectivity index (χ3n) is 4.61. The highest BCUT2D eigenvalue weighted by molar-refractivity contribution is 5.92. The van der Waals surface area contributed by atoms with Gasteiger partial charge in [-0.1, -0.05) is 36.4 Å². The molecule has 3 aromatic rings. The molecule has 1 atom stereocenters. The predicted molar refractivity (Wildman–Crippen MR) is 113 cm³/mol. The molecule has 0 spiro atoms. The highest BCUT2D eigenvalue weighted by atomic mass is 19.1. The number of nitrogens with one attached hydrogen (secondary N) is 2. The fraction of sp³-hybridized carbons (Fsp3) is 0.217. The molecule has 6 heteroatoms. The normalized spacial score (nSPS) is 12.0. The summed E-state index contributed by atoms with van der Waals surface area (Å²) in [6.45, 7) is 2.08. The Morgan fingerprint density at radius 3 is 2.31 bits per heavy atom. The van der Waals surface area contributed by atoms with Crippen molar-refractivity contribution in [2.24, 2.45) is 0 Å². The van der Waals surface area contributed by atoms with Crippen molar-refractivity contribution in [3.8, 4) is 0 Å². The number of hydrogen-bond acceptors (Lipinski definition) is 3. The molecule has 2 amide bonds. The first-order valence-corrected chi connectivity index (χ1v) is 9.43. The van der Waals surface area contributed by atoms with Crippen LogP contribution in [0.2, 0.25) is 0 Å². The fourth-order valence-electron chi connectivity index (χ4n) is 3.13. The minimum Gasteiger partial charge on any atom is -0.348 e. The number of fused-ring (bicyclic) bond motifs is 1. The molecule has 3 rings (SSSR count). The van der Waals surface area contributed by atoms with Gasteiger partial charge in [0.2, 0.25) is 11.8 Å². The SMILES string of the molecule is C[C@@H](NC(=O)CN(C)CC(=O)Nc1ccc(F)cc1)c1ccc2ccccc2c1. The van der Waals surface area contributed by atoms with Gasteiger partial charge in [-0.05, 0) is 60.6 Å². The van der Waals surface area contributed by atoms with E-state index in [1.807, 2.05) is 43.3 Å². The summed E-state index contributed by atoms with van der Waals surface area (Å²) in [5.41, 5.74) is 1.54. The van der Waals surface area contributed by atoms with E-state index in [4.69, 9.17) is 0 Å². The average molecular weight is 393 g/mol. The number of halogens is 1. The number of carbonyl (C=O) groups is 2. The third kappa shape index (κ3) is 5.86. The van der Waals surface area contributed by atoms with Crippen molar-refractivity contribution in [1.82, 2.24) is 10.2 Å². The van der Waals surface area contributed by atoms with Crippen molar-refractivity contribution in [2.45, 2.75) is 13.0 Å². The lowest BCUT2D eigenvalue weighted by Crippen LogP contribution is -2.39. The van der Waals surface area contributed by atoms with Gasteiger partial charge in [0.15, 0.2) is 0 Å². The lowest BCUT2D eigenvalue weighted by molar-refractivity contribution is -0.123. The Morgan fingerprint density at radius 1 is 0.931 bits per heavy atom. The van der Waals surface area contributed by atoms with Crippen LogP contribution in [-0.2, 0) is 9.59 Å². The lowest BCUT2D eigenvalue weighted by atomic mass is 10.0. The van der Waals surface area contributed by atoms with Gasteiger partial charge in [0.1, 0.15) is 5.82 Å². The van der Waals surface area contributed by atoms with E-state index in [2.05, 4.69) is 16.7 Å². The molecule has 0 saturated heterocycles. The van der Waals surface area contributed by atoms with Crippen LogP contribution >= 0.6 is 0 Å². The van der Waals surface area contributed by atoms with Crippen LogP contribution in [0.1, 0.15) is 18.5 Å². The topological polar surface area (TPSA) is 61.4 Å². The van der Waals surface area contributed by atoms with Gasteiger partial charge in [0, 0.05) is 5.69 Å². The van der Waals surface area contributed by atoms with Crippen LogP contribution in [0.15, 0.2) is 66.7 Å². The maximum absolute atomic E-state index is 12.9. The number of anilines is 1. The molecular formula is C23H24FN3O2. The monoisotopic (exact) mass is 393 g/mol. The van der Waals surface area contributed by atoms with E-state index in [0.29, 0.717) is 5.69 Å². The van der Waals surface area contributed by atoms with Crippen molar-refractivity contribution >= 4 is 28.3 Å². The number of benzene rings is 3.